The van der Waals surface area contributed by atoms with Gasteiger partial charge in [-0.2, -0.15) is 0 Å². The number of hydrogen-bond acceptors (Lipinski definition) is 3. The maximum Gasteiger partial charge on any atom is 0.251 e. The van der Waals surface area contributed by atoms with Gasteiger partial charge >= 0.3 is 0 Å². The first-order valence-electron chi connectivity index (χ1n) is 9.05. The molecule has 1 N–H and O–H groups in total. The number of aryl methyl sites for hydroxylation is 1. The number of hydrogen-bond donors (Lipinski definition) is 1. The fourth-order valence-electron chi connectivity index (χ4n) is 3.30. The monoisotopic (exact) mass is 371 g/mol. The Kier molecular flexibility index (Phi) is 5.77. The van der Waals surface area contributed by atoms with Gasteiger partial charge in [0.1, 0.15) is 9.84 Å². The zero-order chi connectivity index (χ0) is 18.6. The molecule has 0 aliphatic carbocycles. The molecule has 0 bridgehead atoms. The first kappa shape index (κ1) is 18.6. The van der Waals surface area contributed by atoms with Crippen molar-refractivity contribution in [2.24, 2.45) is 5.92 Å². The molecule has 1 fully saturated rings. The van der Waals surface area contributed by atoms with Crippen LogP contribution < -0.4 is 5.32 Å². The third-order valence-corrected chi connectivity index (χ3v) is 6.72. The summed E-state index contributed by atoms with van der Waals surface area (Å²) in [5.41, 5.74) is 4.08. The third-order valence-electron chi connectivity index (χ3n) is 5.00. The zero-order valence-electron chi connectivity index (χ0n) is 15.1. The third kappa shape index (κ3) is 4.94. The predicted molar refractivity (Wildman–Crippen MR) is 104 cm³/mol. The van der Waals surface area contributed by atoms with Gasteiger partial charge in [-0.25, -0.2) is 8.42 Å². The molecule has 3 rings (SSSR count). The Balaban J connectivity index is 1.63. The number of carbonyl (C=O) groups excluding carboxylic acids is 1. The van der Waals surface area contributed by atoms with Crippen molar-refractivity contribution in [1.82, 2.24) is 5.32 Å². The van der Waals surface area contributed by atoms with Crippen LogP contribution in [0, 0.1) is 12.8 Å². The summed E-state index contributed by atoms with van der Waals surface area (Å²) >= 11 is 0. The maximum atomic E-state index is 12.7. The lowest BCUT2D eigenvalue weighted by Crippen LogP contribution is -2.34. The summed E-state index contributed by atoms with van der Waals surface area (Å²) in [6.07, 6.45) is 1.98. The van der Waals surface area contributed by atoms with Gasteiger partial charge < -0.3 is 5.32 Å². The molecule has 138 valence electrons. The highest BCUT2D eigenvalue weighted by atomic mass is 32.2. The van der Waals surface area contributed by atoms with E-state index in [0.717, 1.165) is 5.56 Å². The molecule has 26 heavy (non-hydrogen) atoms. The summed E-state index contributed by atoms with van der Waals surface area (Å²) < 4.78 is 23.0. The minimum absolute atomic E-state index is 0.0823. The summed E-state index contributed by atoms with van der Waals surface area (Å²) in [6, 6.07) is 16.0. The summed E-state index contributed by atoms with van der Waals surface area (Å²) in [5.74, 6) is 0.627. The van der Waals surface area contributed by atoms with Crippen LogP contribution in [0.3, 0.4) is 0 Å². The van der Waals surface area contributed by atoms with E-state index in [9.17, 15) is 13.2 Å². The molecule has 1 saturated heterocycles. The van der Waals surface area contributed by atoms with Crippen LogP contribution in [-0.2, 0) is 16.3 Å². The normalized spacial score (nSPS) is 17.0. The standard InChI is InChI=1S/C21H25NO3S/c1-16-6-8-17(9-7-16)14-19-4-2-3-5-20(19)21(23)22-15-18-10-12-26(24,25)13-11-18/h2-9,18H,10-15H2,1H3,(H,22,23). The van der Waals surface area contributed by atoms with Crippen LogP contribution in [-0.4, -0.2) is 32.4 Å². The molecule has 2 aromatic rings. The average molecular weight is 372 g/mol. The molecule has 2 aromatic carbocycles. The van der Waals surface area contributed by atoms with Gasteiger partial charge in [0.25, 0.3) is 5.91 Å². The maximum absolute atomic E-state index is 12.7. The highest BCUT2D eigenvalue weighted by Crippen LogP contribution is 2.19. The summed E-state index contributed by atoms with van der Waals surface area (Å²) in [4.78, 5) is 12.7. The van der Waals surface area contributed by atoms with Crippen LogP contribution in [0.15, 0.2) is 48.5 Å². The van der Waals surface area contributed by atoms with Crippen molar-refractivity contribution < 1.29 is 13.2 Å². The predicted octanol–water partition coefficient (Wildman–Crippen LogP) is 3.14. The van der Waals surface area contributed by atoms with Gasteiger partial charge in [0.2, 0.25) is 0 Å². The summed E-state index contributed by atoms with van der Waals surface area (Å²) in [7, 11) is -2.86. The molecule has 0 spiro atoms. The lowest BCUT2D eigenvalue weighted by molar-refractivity contribution is 0.0945. The molecular formula is C21H25NO3S. The lowest BCUT2D eigenvalue weighted by atomic mass is 9.98. The zero-order valence-corrected chi connectivity index (χ0v) is 15.9. The molecule has 0 unspecified atom stereocenters. The number of sulfone groups is 1. The molecular weight excluding hydrogens is 346 g/mol. The Morgan fingerprint density at radius 3 is 2.38 bits per heavy atom. The van der Waals surface area contributed by atoms with Crippen LogP contribution in [0.25, 0.3) is 0 Å². The summed E-state index contributed by atoms with van der Waals surface area (Å²) in [6.45, 7) is 2.59. The van der Waals surface area contributed by atoms with E-state index >= 15 is 0 Å². The quantitative estimate of drug-likeness (QED) is 0.878. The van der Waals surface area contributed by atoms with E-state index in [0.29, 0.717) is 31.4 Å². The van der Waals surface area contributed by atoms with Crippen LogP contribution in [0.5, 0.6) is 0 Å². The van der Waals surface area contributed by atoms with Gasteiger partial charge in [-0.15, -0.1) is 0 Å². The number of benzene rings is 2. The fourth-order valence-corrected chi connectivity index (χ4v) is 4.89. The van der Waals surface area contributed by atoms with Gasteiger partial charge in [0.05, 0.1) is 11.5 Å². The van der Waals surface area contributed by atoms with Crippen molar-refractivity contribution in [3.63, 3.8) is 0 Å². The molecule has 4 nitrogen and oxygen atoms in total. The van der Waals surface area contributed by atoms with E-state index in [2.05, 4.69) is 36.5 Å². The van der Waals surface area contributed by atoms with Crippen LogP contribution in [0.1, 0.15) is 39.9 Å². The number of amides is 1. The van der Waals surface area contributed by atoms with E-state index in [1.165, 1.54) is 11.1 Å². The second kappa shape index (κ2) is 8.04. The fraction of sp³-hybridized carbons (Fsp3) is 0.381. The van der Waals surface area contributed by atoms with Crippen molar-refractivity contribution in [3.05, 3.63) is 70.8 Å². The van der Waals surface area contributed by atoms with Crippen LogP contribution in [0.4, 0.5) is 0 Å². The Morgan fingerprint density at radius 2 is 1.69 bits per heavy atom. The average Bonchev–Trinajstić information content (AvgIpc) is 2.63. The van der Waals surface area contributed by atoms with E-state index in [1.807, 2.05) is 24.3 Å². The highest BCUT2D eigenvalue weighted by Gasteiger charge is 2.24. The van der Waals surface area contributed by atoms with E-state index in [1.54, 1.807) is 0 Å². The van der Waals surface area contributed by atoms with Crippen LogP contribution in [0.2, 0.25) is 0 Å². The SMILES string of the molecule is Cc1ccc(Cc2ccccc2C(=O)NCC2CCS(=O)(=O)CC2)cc1. The molecule has 0 radical (unpaired) electrons. The number of nitrogens with one attached hydrogen (secondary N) is 1. The minimum Gasteiger partial charge on any atom is -0.352 e. The van der Waals surface area contributed by atoms with Crippen molar-refractivity contribution in [2.75, 3.05) is 18.1 Å². The lowest BCUT2D eigenvalue weighted by Gasteiger charge is -2.22. The topological polar surface area (TPSA) is 63.2 Å². The molecule has 1 aliphatic heterocycles. The Morgan fingerprint density at radius 1 is 1.04 bits per heavy atom. The van der Waals surface area contributed by atoms with Crippen molar-refractivity contribution in [1.29, 1.82) is 0 Å². The Bertz CT molecular complexity index is 858. The number of rotatable bonds is 5. The molecule has 0 aromatic heterocycles. The van der Waals surface area contributed by atoms with E-state index < -0.39 is 9.84 Å². The first-order chi connectivity index (χ1) is 12.4. The molecule has 0 atom stereocenters. The smallest absolute Gasteiger partial charge is 0.251 e. The Hall–Kier alpha value is -2.14. The van der Waals surface area contributed by atoms with E-state index in [4.69, 9.17) is 0 Å². The second-order valence-electron chi connectivity index (χ2n) is 7.12. The molecule has 5 heteroatoms. The van der Waals surface area contributed by atoms with Crippen molar-refractivity contribution in [2.45, 2.75) is 26.2 Å². The van der Waals surface area contributed by atoms with Crippen molar-refractivity contribution in [3.8, 4) is 0 Å². The number of carbonyl (C=O) groups is 1. The molecule has 1 amide bonds. The van der Waals surface area contributed by atoms with Crippen LogP contribution >= 0.6 is 0 Å². The second-order valence-corrected chi connectivity index (χ2v) is 9.43. The minimum atomic E-state index is -2.86. The Labute approximate surface area is 155 Å². The highest BCUT2D eigenvalue weighted by molar-refractivity contribution is 7.91. The molecule has 0 saturated carbocycles. The summed E-state index contributed by atoms with van der Waals surface area (Å²) in [5, 5.41) is 3.00. The van der Waals surface area contributed by atoms with Gasteiger partial charge in [-0.3, -0.25) is 4.79 Å². The molecule has 1 aliphatic rings. The van der Waals surface area contributed by atoms with Gasteiger partial charge in [0, 0.05) is 12.1 Å². The largest absolute Gasteiger partial charge is 0.352 e. The van der Waals surface area contributed by atoms with Crippen molar-refractivity contribution >= 4 is 15.7 Å². The van der Waals surface area contributed by atoms with Gasteiger partial charge in [0.15, 0.2) is 0 Å². The molecule has 1 heterocycles. The van der Waals surface area contributed by atoms with Gasteiger partial charge in [-0.1, -0.05) is 48.0 Å². The van der Waals surface area contributed by atoms with E-state index in [-0.39, 0.29) is 23.3 Å². The van der Waals surface area contributed by atoms with Gasteiger partial charge in [-0.05, 0) is 49.3 Å². The first-order valence-corrected chi connectivity index (χ1v) is 10.9.